The molecule has 2 fully saturated rings. The SMILES string of the molecule is O=C1[C@H]2[C@@H](C(=O)N1c1ccccc1Cl)C1(O[C@H]2c2ccc(Cl)cc2)C(=O)c2ccccc2C1=O. The van der Waals surface area contributed by atoms with Crippen LogP contribution in [0, 0.1) is 11.8 Å². The molecular formula is C26H15Cl2NO5. The molecule has 2 amide bonds. The van der Waals surface area contributed by atoms with Crippen molar-refractivity contribution < 1.29 is 23.9 Å². The summed E-state index contributed by atoms with van der Waals surface area (Å²) in [6.07, 6.45) is -1.01. The smallest absolute Gasteiger partial charge is 0.241 e. The Labute approximate surface area is 204 Å². The monoisotopic (exact) mass is 491 g/mol. The fraction of sp³-hybridized carbons (Fsp3) is 0.154. The molecule has 3 aromatic carbocycles. The van der Waals surface area contributed by atoms with E-state index in [-0.39, 0.29) is 21.8 Å². The predicted molar refractivity (Wildman–Crippen MR) is 124 cm³/mol. The number of amides is 2. The van der Waals surface area contributed by atoms with Crippen LogP contribution in [0.2, 0.25) is 10.0 Å². The molecular weight excluding hydrogens is 477 g/mol. The minimum absolute atomic E-state index is 0.180. The van der Waals surface area contributed by atoms with Gasteiger partial charge in [0.15, 0.2) is 0 Å². The fourth-order valence-corrected chi connectivity index (χ4v) is 5.69. The Kier molecular flexibility index (Phi) is 4.58. The van der Waals surface area contributed by atoms with Crippen LogP contribution in [-0.4, -0.2) is 29.0 Å². The number of ketones is 2. The number of ether oxygens (including phenoxy) is 1. The molecule has 3 atom stereocenters. The van der Waals surface area contributed by atoms with Crippen LogP contribution in [0.4, 0.5) is 5.69 Å². The van der Waals surface area contributed by atoms with E-state index in [4.69, 9.17) is 27.9 Å². The molecule has 0 aromatic heterocycles. The number of Topliss-reactive ketones (excluding diaryl/α,β-unsaturated/α-hetero) is 2. The quantitative estimate of drug-likeness (QED) is 0.383. The van der Waals surface area contributed by atoms with E-state index in [1.54, 1.807) is 60.7 Å². The van der Waals surface area contributed by atoms with E-state index in [2.05, 4.69) is 0 Å². The van der Waals surface area contributed by atoms with Crippen molar-refractivity contribution in [3.05, 3.63) is 99.5 Å². The van der Waals surface area contributed by atoms with Gasteiger partial charge in [0.2, 0.25) is 29.0 Å². The van der Waals surface area contributed by atoms with Crippen LogP contribution in [0.25, 0.3) is 0 Å². The van der Waals surface area contributed by atoms with E-state index >= 15 is 0 Å². The molecule has 6 rings (SSSR count). The Morgan fingerprint density at radius 1 is 0.735 bits per heavy atom. The molecule has 3 aromatic rings. The lowest BCUT2D eigenvalue weighted by Crippen LogP contribution is -2.51. The third-order valence-electron chi connectivity index (χ3n) is 6.81. The summed E-state index contributed by atoms with van der Waals surface area (Å²) in [6.45, 7) is 0. The fourth-order valence-electron chi connectivity index (χ4n) is 5.34. The highest BCUT2D eigenvalue weighted by molar-refractivity contribution is 6.39. The van der Waals surface area contributed by atoms with E-state index in [0.717, 1.165) is 4.90 Å². The molecule has 2 aliphatic heterocycles. The molecule has 3 aliphatic rings. The number of fused-ring (bicyclic) bond motifs is 3. The van der Waals surface area contributed by atoms with Crippen molar-refractivity contribution in [3.8, 4) is 0 Å². The number of imide groups is 1. The lowest BCUT2D eigenvalue weighted by atomic mass is 9.77. The van der Waals surface area contributed by atoms with Crippen LogP contribution in [0.1, 0.15) is 32.4 Å². The third kappa shape index (κ3) is 2.61. The topological polar surface area (TPSA) is 80.8 Å². The normalized spacial score (nSPS) is 24.8. The summed E-state index contributed by atoms with van der Waals surface area (Å²) in [5.74, 6) is -4.90. The summed E-state index contributed by atoms with van der Waals surface area (Å²) in [6, 6.07) is 19.4. The Morgan fingerprint density at radius 2 is 1.32 bits per heavy atom. The first-order valence-corrected chi connectivity index (χ1v) is 11.4. The Hall–Kier alpha value is -3.32. The van der Waals surface area contributed by atoms with Gasteiger partial charge in [0.05, 0.1) is 28.6 Å². The van der Waals surface area contributed by atoms with Gasteiger partial charge in [0.1, 0.15) is 0 Å². The summed E-state index contributed by atoms with van der Waals surface area (Å²) in [4.78, 5) is 55.9. The number of rotatable bonds is 2. The van der Waals surface area contributed by atoms with E-state index in [9.17, 15) is 19.2 Å². The molecule has 0 bridgehead atoms. The molecule has 0 radical (unpaired) electrons. The van der Waals surface area contributed by atoms with Crippen molar-refractivity contribution in [2.75, 3.05) is 4.90 Å². The van der Waals surface area contributed by atoms with Crippen molar-refractivity contribution in [2.24, 2.45) is 11.8 Å². The maximum atomic E-state index is 13.8. The van der Waals surface area contributed by atoms with Crippen LogP contribution in [-0.2, 0) is 14.3 Å². The molecule has 34 heavy (non-hydrogen) atoms. The summed E-state index contributed by atoms with van der Waals surface area (Å²) < 4.78 is 6.22. The summed E-state index contributed by atoms with van der Waals surface area (Å²) in [5.41, 5.74) is -1.02. The molecule has 1 spiro atoms. The number of carbonyl (C=O) groups is 4. The van der Waals surface area contributed by atoms with E-state index in [0.29, 0.717) is 10.6 Å². The van der Waals surface area contributed by atoms with E-state index in [1.165, 1.54) is 12.1 Å². The number of nitrogens with zero attached hydrogens (tertiary/aromatic N) is 1. The highest BCUT2D eigenvalue weighted by atomic mass is 35.5. The molecule has 0 saturated carbocycles. The average molecular weight is 492 g/mol. The highest BCUT2D eigenvalue weighted by Crippen LogP contribution is 2.58. The number of benzene rings is 3. The van der Waals surface area contributed by atoms with E-state index < -0.39 is 46.9 Å². The Morgan fingerprint density at radius 3 is 1.94 bits per heavy atom. The molecule has 168 valence electrons. The van der Waals surface area contributed by atoms with Crippen LogP contribution in [0.5, 0.6) is 0 Å². The maximum Gasteiger partial charge on any atom is 0.241 e. The lowest BCUT2D eigenvalue weighted by Gasteiger charge is -2.27. The third-order valence-corrected chi connectivity index (χ3v) is 7.38. The lowest BCUT2D eigenvalue weighted by molar-refractivity contribution is -0.127. The predicted octanol–water partition coefficient (Wildman–Crippen LogP) is 4.69. The van der Waals surface area contributed by atoms with Crippen molar-refractivity contribution >= 4 is 52.3 Å². The maximum absolute atomic E-state index is 13.8. The van der Waals surface area contributed by atoms with Gasteiger partial charge in [-0.1, -0.05) is 71.7 Å². The van der Waals surface area contributed by atoms with Gasteiger partial charge in [-0.05, 0) is 29.8 Å². The number of anilines is 1. The highest BCUT2D eigenvalue weighted by Gasteiger charge is 2.74. The summed E-state index contributed by atoms with van der Waals surface area (Å²) >= 11 is 12.4. The molecule has 2 saturated heterocycles. The van der Waals surface area contributed by atoms with Crippen molar-refractivity contribution in [3.63, 3.8) is 0 Å². The van der Waals surface area contributed by atoms with Crippen molar-refractivity contribution in [2.45, 2.75) is 11.7 Å². The zero-order valence-corrected chi connectivity index (χ0v) is 18.9. The molecule has 2 heterocycles. The Balaban J connectivity index is 1.56. The van der Waals surface area contributed by atoms with Crippen molar-refractivity contribution in [1.29, 1.82) is 0 Å². The second-order valence-corrected chi connectivity index (χ2v) is 9.34. The number of hydrogen-bond acceptors (Lipinski definition) is 5. The molecule has 1 aliphatic carbocycles. The number of hydrogen-bond donors (Lipinski definition) is 0. The first-order valence-electron chi connectivity index (χ1n) is 10.6. The molecule has 0 N–H and O–H groups in total. The minimum Gasteiger partial charge on any atom is -0.349 e. The standard InChI is InChI=1S/C26H15Cl2NO5/c27-14-11-9-13(10-12-14)21-19-20(25(33)29(24(19)32)18-8-4-3-7-17(18)28)26(34-21)22(30)15-5-1-2-6-16(15)23(26)31/h1-12,19-21H/t19-,20-,21-/m0/s1. The minimum atomic E-state index is -2.12. The van der Waals surface area contributed by atoms with Crippen LogP contribution >= 0.6 is 23.2 Å². The summed E-state index contributed by atoms with van der Waals surface area (Å²) in [7, 11) is 0. The Bertz CT molecular complexity index is 1380. The molecule has 8 heteroatoms. The molecule has 0 unspecified atom stereocenters. The van der Waals surface area contributed by atoms with Gasteiger partial charge in [-0.15, -0.1) is 0 Å². The van der Waals surface area contributed by atoms with Gasteiger partial charge < -0.3 is 4.74 Å². The number of halogens is 2. The van der Waals surface area contributed by atoms with Crippen molar-refractivity contribution in [1.82, 2.24) is 0 Å². The van der Waals surface area contributed by atoms with Gasteiger partial charge in [0, 0.05) is 16.1 Å². The van der Waals surface area contributed by atoms with Gasteiger partial charge >= 0.3 is 0 Å². The second-order valence-electron chi connectivity index (χ2n) is 8.50. The van der Waals surface area contributed by atoms with Gasteiger partial charge in [-0.2, -0.15) is 0 Å². The average Bonchev–Trinajstić information content (AvgIpc) is 3.40. The number of para-hydroxylation sites is 1. The number of carbonyl (C=O) groups excluding carboxylic acids is 4. The van der Waals surface area contributed by atoms with Gasteiger partial charge in [0.25, 0.3) is 0 Å². The zero-order chi connectivity index (χ0) is 23.8. The van der Waals surface area contributed by atoms with Gasteiger partial charge in [-0.3, -0.25) is 19.2 Å². The second kappa shape index (κ2) is 7.34. The zero-order valence-electron chi connectivity index (χ0n) is 17.4. The van der Waals surface area contributed by atoms with Crippen LogP contribution in [0.15, 0.2) is 72.8 Å². The largest absolute Gasteiger partial charge is 0.349 e. The first kappa shape index (κ1) is 21.2. The molecule has 6 nitrogen and oxygen atoms in total. The van der Waals surface area contributed by atoms with E-state index in [1.807, 2.05) is 0 Å². The summed E-state index contributed by atoms with van der Waals surface area (Å²) in [5, 5.41) is 0.675. The van der Waals surface area contributed by atoms with Gasteiger partial charge in [-0.25, -0.2) is 4.90 Å². The van der Waals surface area contributed by atoms with Crippen LogP contribution in [0.3, 0.4) is 0 Å². The first-order chi connectivity index (χ1) is 16.4. The van der Waals surface area contributed by atoms with Crippen LogP contribution < -0.4 is 4.90 Å².